The van der Waals surface area contributed by atoms with Gasteiger partial charge in [0.2, 0.25) is 0 Å². The van der Waals surface area contributed by atoms with Crippen LogP contribution in [0.5, 0.6) is 11.5 Å². The van der Waals surface area contributed by atoms with Crippen molar-refractivity contribution in [3.05, 3.63) is 107 Å². The van der Waals surface area contributed by atoms with Gasteiger partial charge in [-0.25, -0.2) is 0 Å². The zero-order valence-corrected chi connectivity index (χ0v) is 24.8. The fourth-order valence-electron chi connectivity index (χ4n) is 6.98. The molecule has 0 bridgehead atoms. The molecule has 0 saturated heterocycles. The van der Waals surface area contributed by atoms with Crippen LogP contribution in [0.4, 0.5) is 0 Å². The third-order valence-electron chi connectivity index (χ3n) is 8.88. The molecule has 2 aliphatic rings. The molecular formula is C38H38O3. The maximum absolute atomic E-state index is 6.69. The average Bonchev–Trinajstić information content (AvgIpc) is 3.55. The first-order valence-electron chi connectivity index (χ1n) is 15.0. The van der Waals surface area contributed by atoms with Crippen molar-refractivity contribution < 1.29 is 13.9 Å². The second-order valence-corrected chi connectivity index (χ2v) is 12.6. The molecule has 3 nitrogen and oxygen atoms in total. The third kappa shape index (κ3) is 4.17. The summed E-state index contributed by atoms with van der Waals surface area (Å²) in [6, 6.07) is 28.5. The van der Waals surface area contributed by atoms with Crippen molar-refractivity contribution in [1.82, 2.24) is 0 Å². The zero-order chi connectivity index (χ0) is 28.4. The molecule has 0 spiro atoms. The molecule has 2 heterocycles. The molecule has 208 valence electrons. The minimum absolute atomic E-state index is 0.157. The van der Waals surface area contributed by atoms with Crippen molar-refractivity contribution in [2.45, 2.75) is 65.4 Å². The highest BCUT2D eigenvalue weighted by Gasteiger charge is 2.33. The fourth-order valence-corrected chi connectivity index (χ4v) is 6.98. The molecule has 0 amide bonds. The summed E-state index contributed by atoms with van der Waals surface area (Å²) in [4.78, 5) is 0. The van der Waals surface area contributed by atoms with E-state index in [1.54, 1.807) is 0 Å². The molecule has 0 fully saturated rings. The molecule has 1 aromatic heterocycles. The Balaban J connectivity index is 1.25. The summed E-state index contributed by atoms with van der Waals surface area (Å²) in [6.07, 6.45) is -0.157. The Kier molecular flexibility index (Phi) is 6.23. The Morgan fingerprint density at radius 2 is 1.49 bits per heavy atom. The molecule has 0 N–H and O–H groups in total. The van der Waals surface area contributed by atoms with Crippen LogP contribution in [0.1, 0.15) is 93.2 Å². The molecule has 4 aromatic carbocycles. The fraction of sp³-hybridized carbons (Fsp3) is 0.316. The van der Waals surface area contributed by atoms with Crippen molar-refractivity contribution in [3.8, 4) is 33.9 Å². The predicted molar refractivity (Wildman–Crippen MR) is 167 cm³/mol. The van der Waals surface area contributed by atoms with E-state index in [0.717, 1.165) is 39.4 Å². The molecule has 0 saturated carbocycles. The van der Waals surface area contributed by atoms with Gasteiger partial charge in [-0.15, -0.1) is 0 Å². The Hall–Kier alpha value is -3.98. The van der Waals surface area contributed by atoms with Crippen LogP contribution in [0.2, 0.25) is 0 Å². The molecular weight excluding hydrogens is 504 g/mol. The molecule has 5 aromatic rings. The quantitative estimate of drug-likeness (QED) is 0.221. The molecule has 41 heavy (non-hydrogen) atoms. The van der Waals surface area contributed by atoms with Crippen LogP contribution in [0.25, 0.3) is 33.4 Å². The molecule has 3 heteroatoms. The maximum atomic E-state index is 6.69. The molecule has 2 unspecified atom stereocenters. The van der Waals surface area contributed by atoms with E-state index in [0.29, 0.717) is 24.4 Å². The van der Waals surface area contributed by atoms with Gasteiger partial charge in [-0.3, -0.25) is 0 Å². The summed E-state index contributed by atoms with van der Waals surface area (Å²) >= 11 is 0. The first kappa shape index (κ1) is 26.0. The summed E-state index contributed by atoms with van der Waals surface area (Å²) in [5, 5.41) is 1.13. The van der Waals surface area contributed by atoms with E-state index in [1.165, 1.54) is 33.4 Å². The Labute approximate surface area is 243 Å². The normalized spacial score (nSPS) is 17.5. The van der Waals surface area contributed by atoms with Crippen molar-refractivity contribution >= 4 is 11.0 Å². The van der Waals surface area contributed by atoms with Gasteiger partial charge in [0, 0.05) is 22.4 Å². The predicted octanol–water partition coefficient (Wildman–Crippen LogP) is 10.6. The van der Waals surface area contributed by atoms with Crippen LogP contribution in [-0.4, -0.2) is 6.61 Å². The van der Waals surface area contributed by atoms with Gasteiger partial charge in [0.05, 0.1) is 0 Å². The molecule has 2 atom stereocenters. The van der Waals surface area contributed by atoms with E-state index in [-0.39, 0.29) is 12.0 Å². The summed E-state index contributed by atoms with van der Waals surface area (Å²) in [5.41, 5.74) is 11.1. The lowest BCUT2D eigenvalue weighted by molar-refractivity contribution is 0.0899. The minimum atomic E-state index is -0.157. The molecule has 7 rings (SSSR count). The Bertz CT molecular complexity index is 1770. The SMILES string of the molecule is CC(C)c1c(-c2cc3cccc(C(C)C)c3o2)ccc2c1OCC(c1ccc3c(c1)C(C(C)C)c1ccccc1-3)O2. The third-order valence-corrected chi connectivity index (χ3v) is 8.88. The lowest BCUT2D eigenvalue weighted by Crippen LogP contribution is -2.23. The maximum Gasteiger partial charge on any atom is 0.165 e. The summed E-state index contributed by atoms with van der Waals surface area (Å²) in [7, 11) is 0. The highest BCUT2D eigenvalue weighted by Crippen LogP contribution is 2.50. The molecule has 0 radical (unpaired) electrons. The molecule has 1 aliphatic heterocycles. The van der Waals surface area contributed by atoms with Crippen LogP contribution in [0.3, 0.4) is 0 Å². The van der Waals surface area contributed by atoms with E-state index in [1.807, 2.05) is 0 Å². The number of benzene rings is 4. The van der Waals surface area contributed by atoms with Gasteiger partial charge in [0.25, 0.3) is 0 Å². The van der Waals surface area contributed by atoms with Gasteiger partial charge < -0.3 is 13.9 Å². The van der Waals surface area contributed by atoms with Crippen molar-refractivity contribution in [1.29, 1.82) is 0 Å². The van der Waals surface area contributed by atoms with E-state index < -0.39 is 0 Å². The van der Waals surface area contributed by atoms with Gasteiger partial charge in [0.15, 0.2) is 17.6 Å². The Morgan fingerprint density at radius 3 is 2.27 bits per heavy atom. The largest absolute Gasteiger partial charge is 0.485 e. The van der Waals surface area contributed by atoms with Gasteiger partial charge in [0.1, 0.15) is 18.0 Å². The monoisotopic (exact) mass is 542 g/mol. The standard InChI is InChI=1S/C38H38O3/c1-21(2)26-13-9-10-25-19-33(41-37(25)26)30-16-17-32-38(36(30)23(5)6)39-20-34(40-32)24-14-15-28-27-11-7-8-12-29(27)35(22(3)4)31(28)18-24/h7-19,21-23,34-35H,20H2,1-6H3. The van der Waals surface area contributed by atoms with Gasteiger partial charge in [-0.05, 0) is 69.3 Å². The van der Waals surface area contributed by atoms with E-state index in [9.17, 15) is 0 Å². The van der Waals surface area contributed by atoms with Crippen molar-refractivity contribution in [2.24, 2.45) is 5.92 Å². The number of ether oxygens (including phenoxy) is 2. The summed E-state index contributed by atoms with van der Waals surface area (Å²) < 4.78 is 19.8. The second kappa shape index (κ2) is 9.83. The lowest BCUT2D eigenvalue weighted by atomic mass is 9.86. The van der Waals surface area contributed by atoms with Crippen LogP contribution >= 0.6 is 0 Å². The van der Waals surface area contributed by atoms with Crippen LogP contribution in [0.15, 0.2) is 83.3 Å². The van der Waals surface area contributed by atoms with Crippen molar-refractivity contribution in [2.75, 3.05) is 6.61 Å². The van der Waals surface area contributed by atoms with E-state index in [4.69, 9.17) is 13.9 Å². The average molecular weight is 543 g/mol. The van der Waals surface area contributed by atoms with Crippen LogP contribution < -0.4 is 9.47 Å². The summed E-state index contributed by atoms with van der Waals surface area (Å²) in [6.45, 7) is 13.9. The Morgan fingerprint density at radius 1 is 0.707 bits per heavy atom. The first-order chi connectivity index (χ1) is 19.8. The number of fused-ring (bicyclic) bond motifs is 5. The number of hydrogen-bond donors (Lipinski definition) is 0. The van der Waals surface area contributed by atoms with Gasteiger partial charge in [-0.2, -0.15) is 0 Å². The summed E-state index contributed by atoms with van der Waals surface area (Å²) in [5.74, 6) is 4.06. The van der Waals surface area contributed by atoms with Gasteiger partial charge >= 0.3 is 0 Å². The smallest absolute Gasteiger partial charge is 0.165 e. The van der Waals surface area contributed by atoms with E-state index in [2.05, 4.69) is 120 Å². The van der Waals surface area contributed by atoms with E-state index >= 15 is 0 Å². The van der Waals surface area contributed by atoms with Gasteiger partial charge in [-0.1, -0.05) is 102 Å². The van der Waals surface area contributed by atoms with Crippen LogP contribution in [0, 0.1) is 5.92 Å². The number of hydrogen-bond acceptors (Lipinski definition) is 3. The number of para-hydroxylation sites is 1. The number of furan rings is 1. The molecule has 1 aliphatic carbocycles. The highest BCUT2D eigenvalue weighted by molar-refractivity contribution is 5.87. The number of rotatable bonds is 5. The lowest BCUT2D eigenvalue weighted by Gasteiger charge is -2.30. The highest BCUT2D eigenvalue weighted by atomic mass is 16.6. The second-order valence-electron chi connectivity index (χ2n) is 12.6. The van der Waals surface area contributed by atoms with Crippen molar-refractivity contribution in [3.63, 3.8) is 0 Å². The minimum Gasteiger partial charge on any atom is -0.485 e. The zero-order valence-electron chi connectivity index (χ0n) is 24.8. The van der Waals surface area contributed by atoms with Crippen LogP contribution in [-0.2, 0) is 0 Å². The first-order valence-corrected chi connectivity index (χ1v) is 15.0. The topological polar surface area (TPSA) is 31.6 Å².